The summed E-state index contributed by atoms with van der Waals surface area (Å²) in [7, 11) is 3.28. The van der Waals surface area contributed by atoms with Crippen molar-refractivity contribution in [1.82, 2.24) is 24.9 Å². The summed E-state index contributed by atoms with van der Waals surface area (Å²) in [6, 6.07) is 3.92. The molecule has 0 aromatic carbocycles. The average Bonchev–Trinajstić information content (AvgIpc) is 3.35. The number of aryl methyl sites for hydroxylation is 1. The second-order valence-corrected chi connectivity index (χ2v) is 7.48. The summed E-state index contributed by atoms with van der Waals surface area (Å²) in [4.78, 5) is 29.7. The largest absolute Gasteiger partial charge is 0.479 e. The number of hydrogen-bond acceptors (Lipinski definition) is 6. The monoisotopic (exact) mass is 403 g/mol. The first-order valence-corrected chi connectivity index (χ1v) is 10.0. The van der Waals surface area contributed by atoms with Crippen molar-refractivity contribution in [3.63, 3.8) is 0 Å². The molecule has 0 radical (unpaired) electrons. The van der Waals surface area contributed by atoms with Gasteiger partial charge in [0, 0.05) is 63.5 Å². The number of rotatable bonds is 7. The Hall–Kier alpha value is -2.65. The molecular weight excluding hydrogens is 378 g/mol. The highest BCUT2D eigenvalue weighted by Gasteiger charge is 2.25. The zero-order chi connectivity index (χ0) is 19.9. The molecule has 150 valence electrons. The number of carbonyl (C=O) groups is 2. The topological polar surface area (TPSA) is 79.7 Å². The highest BCUT2D eigenvalue weighted by molar-refractivity contribution is 7.10. The van der Waals surface area contributed by atoms with Crippen LogP contribution in [0.5, 0.6) is 5.88 Å². The Morgan fingerprint density at radius 1 is 1.32 bits per heavy atom. The Morgan fingerprint density at radius 3 is 2.79 bits per heavy atom. The molecule has 28 heavy (non-hydrogen) atoms. The van der Waals surface area contributed by atoms with E-state index >= 15 is 0 Å². The summed E-state index contributed by atoms with van der Waals surface area (Å²) in [5.74, 6) is 0.204. The number of methoxy groups -OCH3 is 1. The molecule has 3 heterocycles. The van der Waals surface area contributed by atoms with Crippen LogP contribution in [0.2, 0.25) is 0 Å². The molecule has 1 saturated heterocycles. The highest BCUT2D eigenvalue weighted by Crippen LogP contribution is 2.18. The minimum Gasteiger partial charge on any atom is -0.479 e. The van der Waals surface area contributed by atoms with Gasteiger partial charge in [0.05, 0.1) is 7.11 Å². The average molecular weight is 404 g/mol. The molecule has 2 amide bonds. The number of hydrogen-bond donors (Lipinski definition) is 1. The SMILES string of the molecule is COc1nn(C)cc1C(=O)N1CCN(CCNC(=O)/C=C/c2cccs2)CC1. The van der Waals surface area contributed by atoms with Gasteiger partial charge in [-0.2, -0.15) is 0 Å². The van der Waals surface area contributed by atoms with E-state index in [-0.39, 0.29) is 11.8 Å². The van der Waals surface area contributed by atoms with Gasteiger partial charge < -0.3 is 15.0 Å². The van der Waals surface area contributed by atoms with E-state index in [1.807, 2.05) is 28.5 Å². The van der Waals surface area contributed by atoms with Crippen LogP contribution in [-0.2, 0) is 11.8 Å². The van der Waals surface area contributed by atoms with Gasteiger partial charge in [0.25, 0.3) is 5.91 Å². The fourth-order valence-electron chi connectivity index (χ4n) is 3.05. The van der Waals surface area contributed by atoms with Gasteiger partial charge in [0.1, 0.15) is 5.56 Å². The van der Waals surface area contributed by atoms with Gasteiger partial charge in [-0.25, -0.2) is 0 Å². The Balaban J connectivity index is 1.39. The quantitative estimate of drug-likeness (QED) is 0.700. The minimum absolute atomic E-state index is 0.0587. The van der Waals surface area contributed by atoms with Crippen LogP contribution in [0.15, 0.2) is 29.8 Å². The third-order valence-electron chi connectivity index (χ3n) is 4.55. The maximum Gasteiger partial charge on any atom is 0.261 e. The molecule has 0 spiro atoms. The number of aromatic nitrogens is 2. The highest BCUT2D eigenvalue weighted by atomic mass is 32.1. The molecule has 0 saturated carbocycles. The molecule has 3 rings (SSSR count). The Bertz CT molecular complexity index is 823. The predicted octanol–water partition coefficient (Wildman–Crippen LogP) is 1.08. The van der Waals surface area contributed by atoms with Gasteiger partial charge in [-0.3, -0.25) is 19.2 Å². The summed E-state index contributed by atoms with van der Waals surface area (Å²) >= 11 is 1.60. The van der Waals surface area contributed by atoms with E-state index in [0.717, 1.165) is 24.5 Å². The minimum atomic E-state index is -0.0918. The zero-order valence-corrected chi connectivity index (χ0v) is 16.9. The molecule has 0 unspecified atom stereocenters. The van der Waals surface area contributed by atoms with E-state index in [0.29, 0.717) is 31.1 Å². The van der Waals surface area contributed by atoms with E-state index < -0.39 is 0 Å². The van der Waals surface area contributed by atoms with E-state index in [1.165, 1.54) is 7.11 Å². The second kappa shape index (κ2) is 9.52. The molecule has 1 fully saturated rings. The number of piperazine rings is 1. The van der Waals surface area contributed by atoms with Gasteiger partial charge in [-0.1, -0.05) is 6.07 Å². The molecule has 2 aromatic heterocycles. The molecule has 0 aliphatic carbocycles. The molecule has 8 nitrogen and oxygen atoms in total. The molecule has 0 bridgehead atoms. The summed E-state index contributed by atoms with van der Waals surface area (Å²) < 4.78 is 6.76. The fourth-order valence-corrected chi connectivity index (χ4v) is 3.67. The molecule has 1 aliphatic rings. The third kappa shape index (κ3) is 5.20. The van der Waals surface area contributed by atoms with Crippen molar-refractivity contribution in [2.24, 2.45) is 7.05 Å². The van der Waals surface area contributed by atoms with Crippen molar-refractivity contribution in [2.75, 3.05) is 46.4 Å². The smallest absolute Gasteiger partial charge is 0.261 e. The van der Waals surface area contributed by atoms with Gasteiger partial charge in [0.2, 0.25) is 11.8 Å². The van der Waals surface area contributed by atoms with Crippen LogP contribution in [-0.4, -0.2) is 77.8 Å². The lowest BCUT2D eigenvalue weighted by molar-refractivity contribution is -0.116. The normalized spacial score (nSPS) is 15.1. The summed E-state index contributed by atoms with van der Waals surface area (Å²) in [6.07, 6.45) is 5.06. The first-order chi connectivity index (χ1) is 13.6. The number of amides is 2. The second-order valence-electron chi connectivity index (χ2n) is 6.50. The molecule has 0 atom stereocenters. The molecular formula is C19H25N5O3S. The zero-order valence-electron chi connectivity index (χ0n) is 16.1. The van der Waals surface area contributed by atoms with Gasteiger partial charge in [-0.15, -0.1) is 16.4 Å². The Labute approximate surface area is 168 Å². The number of carbonyl (C=O) groups excluding carboxylic acids is 2. The van der Waals surface area contributed by atoms with Crippen molar-refractivity contribution in [1.29, 1.82) is 0 Å². The maximum absolute atomic E-state index is 12.7. The van der Waals surface area contributed by atoms with Gasteiger partial charge >= 0.3 is 0 Å². The van der Waals surface area contributed by atoms with Crippen molar-refractivity contribution in [3.05, 3.63) is 40.2 Å². The molecule has 1 aliphatic heterocycles. The predicted molar refractivity (Wildman–Crippen MR) is 108 cm³/mol. The van der Waals surface area contributed by atoms with Crippen LogP contribution in [0.25, 0.3) is 6.08 Å². The number of nitrogens with one attached hydrogen (secondary N) is 1. The van der Waals surface area contributed by atoms with Crippen molar-refractivity contribution in [3.8, 4) is 5.88 Å². The van der Waals surface area contributed by atoms with Crippen LogP contribution >= 0.6 is 11.3 Å². The molecule has 2 aromatic rings. The van der Waals surface area contributed by atoms with Crippen molar-refractivity contribution < 1.29 is 14.3 Å². The van der Waals surface area contributed by atoms with Crippen LogP contribution < -0.4 is 10.1 Å². The van der Waals surface area contributed by atoms with Crippen LogP contribution in [0.1, 0.15) is 15.2 Å². The number of nitrogens with zero attached hydrogens (tertiary/aromatic N) is 4. The Morgan fingerprint density at radius 2 is 2.11 bits per heavy atom. The van der Waals surface area contributed by atoms with Gasteiger partial charge in [-0.05, 0) is 17.5 Å². The Kier molecular flexibility index (Phi) is 6.83. The van der Waals surface area contributed by atoms with E-state index in [2.05, 4.69) is 15.3 Å². The number of ether oxygens (including phenoxy) is 1. The van der Waals surface area contributed by atoms with Gasteiger partial charge in [0.15, 0.2) is 0 Å². The van der Waals surface area contributed by atoms with Crippen LogP contribution in [0.3, 0.4) is 0 Å². The van der Waals surface area contributed by atoms with E-state index in [9.17, 15) is 9.59 Å². The van der Waals surface area contributed by atoms with E-state index in [4.69, 9.17) is 4.74 Å². The first-order valence-electron chi connectivity index (χ1n) is 9.15. The third-order valence-corrected chi connectivity index (χ3v) is 5.39. The van der Waals surface area contributed by atoms with Crippen molar-refractivity contribution in [2.45, 2.75) is 0 Å². The fraction of sp³-hybridized carbons (Fsp3) is 0.421. The number of thiophene rings is 1. The lowest BCUT2D eigenvalue weighted by Gasteiger charge is -2.34. The lowest BCUT2D eigenvalue weighted by Crippen LogP contribution is -2.50. The van der Waals surface area contributed by atoms with Crippen LogP contribution in [0.4, 0.5) is 0 Å². The summed E-state index contributed by atoms with van der Waals surface area (Å²) in [6.45, 7) is 4.17. The van der Waals surface area contributed by atoms with Crippen molar-refractivity contribution >= 4 is 29.2 Å². The molecule has 9 heteroatoms. The standard InChI is InChI=1S/C19H25N5O3S/c1-22-14-16(18(21-22)27-2)19(26)24-11-9-23(10-12-24)8-7-20-17(25)6-5-15-4-3-13-28-15/h3-6,13-14H,7-12H2,1-2H3,(H,20,25)/b6-5+. The molecule has 1 N–H and O–H groups in total. The van der Waals surface area contributed by atoms with E-state index in [1.54, 1.807) is 35.3 Å². The summed E-state index contributed by atoms with van der Waals surface area (Å²) in [5, 5.41) is 9.02. The lowest BCUT2D eigenvalue weighted by atomic mass is 10.2. The maximum atomic E-state index is 12.7. The first kappa shape index (κ1) is 20.1. The van der Waals surface area contributed by atoms with Crippen LogP contribution in [0, 0.1) is 0 Å². The summed E-state index contributed by atoms with van der Waals surface area (Å²) in [5.41, 5.74) is 0.489.